The molecule has 0 radical (unpaired) electrons. The quantitative estimate of drug-likeness (QED) is 0.494. The first kappa shape index (κ1) is 23.4. The molecule has 0 saturated heterocycles. The molecule has 1 atom stereocenters. The lowest BCUT2D eigenvalue weighted by atomic mass is 10.0. The third-order valence-corrected chi connectivity index (χ3v) is 6.17. The molecule has 4 heterocycles. The van der Waals surface area contributed by atoms with Crippen LogP contribution in [0.3, 0.4) is 0 Å². The summed E-state index contributed by atoms with van der Waals surface area (Å²) in [6.45, 7) is 7.27. The van der Waals surface area contributed by atoms with Gasteiger partial charge in [-0.25, -0.2) is 24.0 Å². The maximum atomic E-state index is 13.1. The number of ether oxygens (including phenoxy) is 2. The second kappa shape index (κ2) is 9.64. The summed E-state index contributed by atoms with van der Waals surface area (Å²) in [5.41, 5.74) is 1.90. The van der Waals surface area contributed by atoms with Crippen molar-refractivity contribution in [2.45, 2.75) is 39.8 Å². The summed E-state index contributed by atoms with van der Waals surface area (Å²) in [7, 11) is 0. The summed E-state index contributed by atoms with van der Waals surface area (Å²) in [4.78, 5) is 43.5. The van der Waals surface area contributed by atoms with Crippen LogP contribution in [0, 0.1) is 6.92 Å². The number of aromatic nitrogens is 3. The van der Waals surface area contributed by atoms with Gasteiger partial charge in [-0.1, -0.05) is 6.07 Å². The van der Waals surface area contributed by atoms with Crippen molar-refractivity contribution in [3.05, 3.63) is 57.2 Å². The third-order valence-electron chi connectivity index (χ3n) is 5.23. The summed E-state index contributed by atoms with van der Waals surface area (Å²) in [5.74, 6) is -1.21. The van der Waals surface area contributed by atoms with Crippen molar-refractivity contribution in [2.24, 2.45) is 0 Å². The van der Waals surface area contributed by atoms with Gasteiger partial charge >= 0.3 is 18.0 Å². The lowest BCUT2D eigenvalue weighted by molar-refractivity contribution is -0.139. The van der Waals surface area contributed by atoms with Crippen molar-refractivity contribution in [2.75, 3.05) is 13.2 Å². The highest BCUT2D eigenvalue weighted by Crippen LogP contribution is 2.31. The average Bonchev–Trinajstić information content (AvgIpc) is 3.46. The van der Waals surface area contributed by atoms with Crippen molar-refractivity contribution in [1.29, 1.82) is 0 Å². The van der Waals surface area contributed by atoms with Gasteiger partial charge in [0.25, 0.3) is 0 Å². The highest BCUT2D eigenvalue weighted by Gasteiger charge is 2.35. The predicted molar refractivity (Wildman–Crippen MR) is 125 cm³/mol. The normalized spacial score (nSPS) is 15.9. The number of amides is 2. The Labute approximate surface area is 199 Å². The number of nitrogens with one attached hydrogen (secondary N) is 2. The highest BCUT2D eigenvalue weighted by atomic mass is 32.1. The Morgan fingerprint density at radius 3 is 2.74 bits per heavy atom. The van der Waals surface area contributed by atoms with Crippen LogP contribution < -0.4 is 10.6 Å². The van der Waals surface area contributed by atoms with Crippen LogP contribution in [0.2, 0.25) is 0 Å². The van der Waals surface area contributed by atoms with E-state index in [1.807, 2.05) is 31.4 Å². The number of pyridine rings is 1. The van der Waals surface area contributed by atoms with E-state index in [0.29, 0.717) is 22.3 Å². The van der Waals surface area contributed by atoms with E-state index in [0.717, 1.165) is 4.88 Å². The number of hydrogen-bond acceptors (Lipinski definition) is 8. The van der Waals surface area contributed by atoms with E-state index in [4.69, 9.17) is 9.47 Å². The molecule has 0 bridgehead atoms. The molecule has 0 spiro atoms. The number of carbonyl (C=O) groups is 3. The molecule has 0 aliphatic carbocycles. The minimum absolute atomic E-state index is 0.0621. The molecule has 178 valence electrons. The fraction of sp³-hybridized carbons (Fsp3) is 0.348. The van der Waals surface area contributed by atoms with Crippen LogP contribution in [-0.4, -0.2) is 45.9 Å². The Hall–Kier alpha value is -3.73. The van der Waals surface area contributed by atoms with Crippen molar-refractivity contribution in [3.63, 3.8) is 0 Å². The Balaban J connectivity index is 1.67. The summed E-state index contributed by atoms with van der Waals surface area (Å²) < 4.78 is 12.5. The van der Waals surface area contributed by atoms with Gasteiger partial charge in [-0.15, -0.1) is 11.3 Å². The smallest absolute Gasteiger partial charge is 0.339 e. The van der Waals surface area contributed by atoms with E-state index in [9.17, 15) is 14.4 Å². The molecular formula is C23H25N5O5S. The molecule has 1 aliphatic rings. The van der Waals surface area contributed by atoms with E-state index in [2.05, 4.69) is 20.7 Å². The number of fused-ring (bicyclic) bond motifs is 1. The van der Waals surface area contributed by atoms with Crippen molar-refractivity contribution in [3.8, 4) is 0 Å². The van der Waals surface area contributed by atoms with Gasteiger partial charge in [0.2, 0.25) is 0 Å². The maximum Gasteiger partial charge on any atom is 0.339 e. The third kappa shape index (κ3) is 4.51. The first-order chi connectivity index (χ1) is 16.3. The van der Waals surface area contributed by atoms with Crippen molar-refractivity contribution >= 4 is 40.3 Å². The largest absolute Gasteiger partial charge is 0.463 e. The van der Waals surface area contributed by atoms with E-state index < -0.39 is 24.0 Å². The Morgan fingerprint density at radius 2 is 2.06 bits per heavy atom. The van der Waals surface area contributed by atoms with Gasteiger partial charge in [0.1, 0.15) is 6.61 Å². The molecule has 2 N–H and O–H groups in total. The molecule has 0 unspecified atom stereocenters. The summed E-state index contributed by atoms with van der Waals surface area (Å²) in [6.07, 6.45) is 1.58. The zero-order chi connectivity index (χ0) is 24.4. The predicted octanol–water partition coefficient (Wildman–Crippen LogP) is 3.41. The second-order valence-corrected chi connectivity index (χ2v) is 8.95. The number of esters is 2. The van der Waals surface area contributed by atoms with Gasteiger partial charge in [-0.3, -0.25) is 0 Å². The van der Waals surface area contributed by atoms with Gasteiger partial charge in [-0.05, 0) is 45.2 Å². The van der Waals surface area contributed by atoms with Gasteiger partial charge in [0.05, 0.1) is 41.1 Å². The van der Waals surface area contributed by atoms with E-state index >= 15 is 0 Å². The Morgan fingerprint density at radius 1 is 1.26 bits per heavy atom. The number of hydrogen-bond donors (Lipinski definition) is 2. The number of rotatable bonds is 7. The first-order valence-corrected chi connectivity index (χ1v) is 11.7. The Bertz CT molecular complexity index is 1280. The molecule has 11 heteroatoms. The number of aryl methyl sites for hydroxylation is 1. The van der Waals surface area contributed by atoms with Gasteiger partial charge < -0.3 is 20.1 Å². The first-order valence-electron chi connectivity index (χ1n) is 10.8. The van der Waals surface area contributed by atoms with Crippen LogP contribution in [-0.2, 0) is 14.3 Å². The van der Waals surface area contributed by atoms with Crippen LogP contribution in [0.1, 0.15) is 53.8 Å². The molecular weight excluding hydrogens is 458 g/mol. The summed E-state index contributed by atoms with van der Waals surface area (Å²) in [5, 5.41) is 12.1. The fourth-order valence-electron chi connectivity index (χ4n) is 3.76. The summed E-state index contributed by atoms with van der Waals surface area (Å²) >= 11 is 1.39. The minimum atomic E-state index is -0.708. The van der Waals surface area contributed by atoms with Crippen molar-refractivity contribution < 1.29 is 23.9 Å². The lowest BCUT2D eigenvalue weighted by Gasteiger charge is -2.28. The zero-order valence-corrected chi connectivity index (χ0v) is 20.1. The molecule has 0 aromatic carbocycles. The molecule has 2 amide bonds. The SMILES string of the molecule is CCOC(=O)C1=C(COC(=O)c2cc(C)nc3c2cnn3C(C)C)NC(=O)N[C@H]1c1cccs1. The van der Waals surface area contributed by atoms with E-state index in [-0.39, 0.29) is 30.5 Å². The second-order valence-electron chi connectivity index (χ2n) is 7.97. The number of nitrogens with zero attached hydrogens (tertiary/aromatic N) is 3. The summed E-state index contributed by atoms with van der Waals surface area (Å²) in [6, 6.07) is 4.12. The van der Waals surface area contributed by atoms with E-state index in [1.54, 1.807) is 30.8 Å². The number of thiophene rings is 1. The topological polar surface area (TPSA) is 124 Å². The monoisotopic (exact) mass is 483 g/mol. The minimum Gasteiger partial charge on any atom is -0.463 e. The Kier molecular flexibility index (Phi) is 6.64. The maximum absolute atomic E-state index is 13.1. The van der Waals surface area contributed by atoms with Crippen LogP contribution in [0.5, 0.6) is 0 Å². The number of urea groups is 1. The fourth-order valence-corrected chi connectivity index (χ4v) is 4.54. The molecule has 0 saturated carbocycles. The van der Waals surface area contributed by atoms with Gasteiger partial charge in [0, 0.05) is 16.6 Å². The number of carbonyl (C=O) groups excluding carboxylic acids is 3. The van der Waals surface area contributed by atoms with Crippen LogP contribution >= 0.6 is 11.3 Å². The molecule has 4 rings (SSSR count). The highest BCUT2D eigenvalue weighted by molar-refractivity contribution is 7.10. The standard InChI is InChI=1S/C23H25N5O5S/c1-5-32-22(30)18-16(26-23(31)27-19(18)17-7-6-8-34-17)11-33-21(29)14-9-13(4)25-20-15(14)10-24-28(20)12(2)3/h6-10,12,19H,5,11H2,1-4H3,(H2,26,27,31)/t19-/m0/s1. The molecule has 0 fully saturated rings. The molecule has 34 heavy (non-hydrogen) atoms. The van der Waals surface area contributed by atoms with Crippen molar-refractivity contribution in [1.82, 2.24) is 25.4 Å². The molecule has 3 aromatic heterocycles. The molecule has 10 nitrogen and oxygen atoms in total. The molecule has 3 aromatic rings. The van der Waals surface area contributed by atoms with Crippen LogP contribution in [0.25, 0.3) is 11.0 Å². The zero-order valence-electron chi connectivity index (χ0n) is 19.2. The van der Waals surface area contributed by atoms with Crippen LogP contribution in [0.4, 0.5) is 4.79 Å². The van der Waals surface area contributed by atoms with Gasteiger partial charge in [-0.2, -0.15) is 5.10 Å². The molecule has 1 aliphatic heterocycles. The van der Waals surface area contributed by atoms with Gasteiger partial charge in [0.15, 0.2) is 5.65 Å². The van der Waals surface area contributed by atoms with Crippen LogP contribution in [0.15, 0.2) is 41.0 Å². The lowest BCUT2D eigenvalue weighted by Crippen LogP contribution is -2.46. The average molecular weight is 484 g/mol. The van der Waals surface area contributed by atoms with E-state index in [1.165, 1.54) is 11.3 Å².